The molecule has 3 aliphatic heterocycles. The fourth-order valence-electron chi connectivity index (χ4n) is 6.49. The summed E-state index contributed by atoms with van der Waals surface area (Å²) in [5.74, 6) is 0.923. The van der Waals surface area contributed by atoms with Gasteiger partial charge in [0.25, 0.3) is 0 Å². The predicted molar refractivity (Wildman–Crippen MR) is 147 cm³/mol. The molecule has 1 spiro atoms. The highest BCUT2D eigenvalue weighted by atomic mass is 32.1. The molecule has 200 valence electrons. The van der Waals surface area contributed by atoms with Crippen molar-refractivity contribution in [2.45, 2.75) is 45.6 Å². The number of fused-ring (bicyclic) bond motifs is 1. The third kappa shape index (κ3) is 3.82. The van der Waals surface area contributed by atoms with Crippen molar-refractivity contribution >= 4 is 22.0 Å². The Balaban J connectivity index is 1.13. The van der Waals surface area contributed by atoms with Crippen molar-refractivity contribution in [3.8, 4) is 27.7 Å². The number of ether oxygens (including phenoxy) is 2. The topological polar surface area (TPSA) is 96.7 Å². The van der Waals surface area contributed by atoms with Crippen molar-refractivity contribution in [1.29, 1.82) is 0 Å². The van der Waals surface area contributed by atoms with E-state index in [9.17, 15) is 0 Å². The van der Waals surface area contributed by atoms with Crippen LogP contribution in [0.25, 0.3) is 27.6 Å². The van der Waals surface area contributed by atoms with Gasteiger partial charge in [-0.2, -0.15) is 10.2 Å². The van der Waals surface area contributed by atoms with E-state index in [4.69, 9.17) is 19.6 Å². The molecule has 3 saturated heterocycles. The minimum absolute atomic E-state index is 0.252. The maximum Gasteiger partial charge on any atom is 0.197 e. The molecule has 3 fully saturated rings. The van der Waals surface area contributed by atoms with Gasteiger partial charge in [0, 0.05) is 68.2 Å². The van der Waals surface area contributed by atoms with Crippen LogP contribution in [0, 0.1) is 12.3 Å². The normalized spacial score (nSPS) is 19.9. The number of likely N-dealkylation sites (tertiary alicyclic amines) is 1. The molecule has 0 bridgehead atoms. The molecule has 0 aliphatic carbocycles. The van der Waals surface area contributed by atoms with Crippen molar-refractivity contribution < 1.29 is 9.47 Å². The van der Waals surface area contributed by atoms with Gasteiger partial charge < -0.3 is 14.4 Å². The number of nitrogens with one attached hydrogen (secondary N) is 1. The van der Waals surface area contributed by atoms with Gasteiger partial charge in [0.1, 0.15) is 16.3 Å². The summed E-state index contributed by atoms with van der Waals surface area (Å²) in [5, 5.41) is 14.7. The maximum absolute atomic E-state index is 5.59. The predicted octanol–water partition coefficient (Wildman–Crippen LogP) is 3.98. The van der Waals surface area contributed by atoms with Crippen molar-refractivity contribution in [3.05, 3.63) is 29.8 Å². The number of rotatable bonds is 6. The molecule has 10 nitrogen and oxygen atoms in total. The summed E-state index contributed by atoms with van der Waals surface area (Å²) >= 11 is 1.77. The zero-order valence-corrected chi connectivity index (χ0v) is 23.2. The number of hydrogen-bond acceptors (Lipinski definition) is 9. The van der Waals surface area contributed by atoms with E-state index >= 15 is 0 Å². The van der Waals surface area contributed by atoms with Gasteiger partial charge in [-0.25, -0.2) is 14.5 Å². The van der Waals surface area contributed by atoms with Crippen LogP contribution in [0.15, 0.2) is 18.6 Å². The zero-order chi connectivity index (χ0) is 26.0. The van der Waals surface area contributed by atoms with Gasteiger partial charge in [-0.15, -0.1) is 0 Å². The molecule has 0 amide bonds. The molecule has 7 heterocycles. The lowest BCUT2D eigenvalue weighted by Gasteiger charge is -2.62. The first-order valence-corrected chi connectivity index (χ1v) is 14.3. The van der Waals surface area contributed by atoms with Gasteiger partial charge >= 0.3 is 0 Å². The number of methoxy groups -OCH3 is 1. The van der Waals surface area contributed by atoms with Gasteiger partial charge in [-0.05, 0) is 31.7 Å². The lowest BCUT2D eigenvalue weighted by Crippen LogP contribution is -2.73. The summed E-state index contributed by atoms with van der Waals surface area (Å²) in [6.45, 7) is 13.1. The first kappa shape index (κ1) is 24.1. The fourth-order valence-corrected chi connectivity index (χ4v) is 7.57. The molecule has 3 aliphatic rings. The molecule has 4 aromatic heterocycles. The van der Waals surface area contributed by atoms with Crippen LogP contribution in [0.3, 0.4) is 0 Å². The molecule has 7 rings (SSSR count). The SMILES string of the molecule is COc1cc(-c2n[nH]c(-c3nc(C)c(N4CC5(C4)CN(C4CCOCC4)C5)s3)c2C(C)C)cn2ncnc12. The second-order valence-electron chi connectivity index (χ2n) is 11.4. The van der Waals surface area contributed by atoms with Crippen LogP contribution in [0.1, 0.15) is 43.9 Å². The second-order valence-corrected chi connectivity index (χ2v) is 12.3. The smallest absolute Gasteiger partial charge is 0.197 e. The molecule has 1 N–H and O–H groups in total. The number of hydrogen-bond donors (Lipinski definition) is 1. The Hall–Kier alpha value is -3.02. The zero-order valence-electron chi connectivity index (χ0n) is 22.4. The Labute approximate surface area is 226 Å². The molecule has 0 radical (unpaired) electrons. The number of thiazole rings is 1. The minimum Gasteiger partial charge on any atom is -0.493 e. The Kier molecular flexibility index (Phi) is 5.71. The van der Waals surface area contributed by atoms with Crippen molar-refractivity contribution in [2.24, 2.45) is 5.41 Å². The Morgan fingerprint density at radius 1 is 1.18 bits per heavy atom. The number of nitrogens with zero attached hydrogens (tertiary/aromatic N) is 7. The third-order valence-corrected chi connectivity index (χ3v) is 9.56. The van der Waals surface area contributed by atoms with Crippen LogP contribution in [0.2, 0.25) is 0 Å². The molecule has 0 aromatic carbocycles. The minimum atomic E-state index is 0.252. The fraction of sp³-hybridized carbons (Fsp3) is 0.556. The summed E-state index contributed by atoms with van der Waals surface area (Å²) in [6.07, 6.45) is 5.85. The van der Waals surface area contributed by atoms with Crippen molar-refractivity contribution in [1.82, 2.24) is 34.7 Å². The monoisotopic (exact) mass is 534 g/mol. The van der Waals surface area contributed by atoms with Gasteiger partial charge in [-0.1, -0.05) is 25.2 Å². The number of aryl methyl sites for hydroxylation is 1. The molecule has 0 atom stereocenters. The third-order valence-electron chi connectivity index (χ3n) is 8.33. The lowest BCUT2D eigenvalue weighted by atomic mass is 9.72. The Morgan fingerprint density at radius 3 is 2.71 bits per heavy atom. The van der Waals surface area contributed by atoms with Crippen LogP contribution in [0.4, 0.5) is 5.00 Å². The molecular formula is C27H34N8O2S. The highest BCUT2D eigenvalue weighted by Crippen LogP contribution is 2.47. The highest BCUT2D eigenvalue weighted by Gasteiger charge is 2.53. The van der Waals surface area contributed by atoms with Crippen molar-refractivity contribution in [3.63, 3.8) is 0 Å². The Bertz CT molecular complexity index is 1470. The van der Waals surface area contributed by atoms with E-state index in [1.54, 1.807) is 23.0 Å². The van der Waals surface area contributed by atoms with Crippen molar-refractivity contribution in [2.75, 3.05) is 51.4 Å². The summed E-state index contributed by atoms with van der Waals surface area (Å²) in [5.41, 5.74) is 6.21. The summed E-state index contributed by atoms with van der Waals surface area (Å²) in [4.78, 5) is 14.5. The first-order chi connectivity index (χ1) is 18.4. The van der Waals surface area contributed by atoms with Gasteiger partial charge in [-0.3, -0.25) is 10.00 Å². The van der Waals surface area contributed by atoms with Crippen LogP contribution >= 0.6 is 11.3 Å². The van der Waals surface area contributed by atoms with Crippen LogP contribution in [0.5, 0.6) is 5.75 Å². The largest absolute Gasteiger partial charge is 0.493 e. The average molecular weight is 535 g/mol. The molecule has 0 unspecified atom stereocenters. The molecule has 11 heteroatoms. The summed E-state index contributed by atoms with van der Waals surface area (Å²) in [7, 11) is 1.65. The van der Waals surface area contributed by atoms with E-state index < -0.39 is 0 Å². The number of H-pyrrole nitrogens is 1. The number of aromatic nitrogens is 6. The summed E-state index contributed by atoms with van der Waals surface area (Å²) in [6, 6.07) is 2.70. The number of anilines is 1. The van der Waals surface area contributed by atoms with Gasteiger partial charge in [0.05, 0.1) is 24.2 Å². The van der Waals surface area contributed by atoms with E-state index in [1.807, 2.05) is 12.3 Å². The average Bonchev–Trinajstić information content (AvgIpc) is 3.60. The molecule has 38 heavy (non-hydrogen) atoms. The Morgan fingerprint density at radius 2 is 1.97 bits per heavy atom. The standard InChI is InChI=1S/C27H34N8O2S/c1-16(2)21-22(18-9-20(36-4)24-28-15-29-35(24)10-18)31-32-23(21)25-30-17(3)26(38-25)34-13-27(14-34)11-33(12-27)19-5-7-37-8-6-19/h9-10,15-16,19H,5-8,11-14H2,1-4H3,(H,31,32). The van der Waals surface area contributed by atoms with E-state index in [0.717, 1.165) is 65.6 Å². The van der Waals surface area contributed by atoms with E-state index in [1.165, 1.54) is 37.3 Å². The molecule has 4 aromatic rings. The summed E-state index contributed by atoms with van der Waals surface area (Å²) < 4.78 is 12.9. The van der Waals surface area contributed by atoms with Crippen LogP contribution in [-0.2, 0) is 4.74 Å². The molecular weight excluding hydrogens is 500 g/mol. The lowest BCUT2D eigenvalue weighted by molar-refractivity contribution is -0.0770. The van der Waals surface area contributed by atoms with Crippen LogP contribution < -0.4 is 9.64 Å². The van der Waals surface area contributed by atoms with Gasteiger partial charge in [0.2, 0.25) is 0 Å². The van der Waals surface area contributed by atoms with E-state index in [-0.39, 0.29) is 5.92 Å². The second kappa shape index (κ2) is 9.03. The van der Waals surface area contributed by atoms with Crippen LogP contribution in [-0.4, -0.2) is 87.2 Å². The van der Waals surface area contributed by atoms with E-state index in [0.29, 0.717) is 16.8 Å². The molecule has 0 saturated carbocycles. The first-order valence-electron chi connectivity index (χ1n) is 13.5. The number of pyridine rings is 1. The van der Waals surface area contributed by atoms with Gasteiger partial charge in [0.15, 0.2) is 11.4 Å². The number of aromatic amines is 1. The quantitative estimate of drug-likeness (QED) is 0.397. The highest BCUT2D eigenvalue weighted by molar-refractivity contribution is 7.19. The maximum atomic E-state index is 5.59. The van der Waals surface area contributed by atoms with E-state index in [2.05, 4.69) is 45.8 Å².